The molecule has 0 fully saturated rings. The number of benzene rings is 2. The van der Waals surface area contributed by atoms with Crippen LogP contribution in [0.15, 0.2) is 53.7 Å². The predicted octanol–water partition coefficient (Wildman–Crippen LogP) is 4.66. The molecule has 5 nitrogen and oxygen atoms in total. The smallest absolute Gasteiger partial charge is 0.230 e. The number of nitrogens with zero attached hydrogens (tertiary/aromatic N) is 1. The molecule has 0 radical (unpaired) electrons. The second kappa shape index (κ2) is 10.2. The monoisotopic (exact) mass is 418 g/mol. The quantitative estimate of drug-likeness (QED) is 0.441. The summed E-state index contributed by atoms with van der Waals surface area (Å²) in [5.41, 5.74) is 5.69. The van der Waals surface area contributed by atoms with Gasteiger partial charge in [-0.2, -0.15) is 0 Å². The van der Waals surface area contributed by atoms with Gasteiger partial charge >= 0.3 is 0 Å². The number of carbonyl (C=O) groups is 1. The maximum atomic E-state index is 12.4. The lowest BCUT2D eigenvalue weighted by molar-refractivity contribution is -0.115. The van der Waals surface area contributed by atoms with E-state index < -0.39 is 24.1 Å². The number of amides is 1. The van der Waals surface area contributed by atoms with Crippen LogP contribution in [-0.4, -0.2) is 16.0 Å². The second-order valence-electron chi connectivity index (χ2n) is 6.48. The molecular formula is C23H27N3O2S. The minimum Gasteiger partial charge on any atom is -0.388 e. The van der Waals surface area contributed by atoms with Crippen LogP contribution in [-0.2, 0) is 17.6 Å². The van der Waals surface area contributed by atoms with Gasteiger partial charge in [-0.15, -0.1) is 11.3 Å². The molecule has 0 saturated heterocycles. The number of anilines is 2. The molecule has 29 heavy (non-hydrogen) atoms. The van der Waals surface area contributed by atoms with Gasteiger partial charge in [0.15, 0.2) is 5.13 Å². The van der Waals surface area contributed by atoms with E-state index in [1.807, 2.05) is 0 Å². The number of hydrogen-bond acceptors (Lipinski definition) is 5. The zero-order valence-corrected chi connectivity index (χ0v) is 16.7. The molecule has 2 aromatic carbocycles. The van der Waals surface area contributed by atoms with Crippen LogP contribution >= 0.6 is 11.3 Å². The third kappa shape index (κ3) is 6.69. The zero-order chi connectivity index (χ0) is 28.5. The van der Waals surface area contributed by atoms with Gasteiger partial charge in [0.05, 0.1) is 30.6 Å². The molecule has 1 aromatic heterocycles. The van der Waals surface area contributed by atoms with Gasteiger partial charge in [-0.05, 0) is 49.4 Å². The number of nitrogens with one attached hydrogen (secondary N) is 1. The van der Waals surface area contributed by atoms with Gasteiger partial charge < -0.3 is 16.2 Å². The fraction of sp³-hybridized carbons (Fsp3) is 0.304. The van der Waals surface area contributed by atoms with E-state index in [0.29, 0.717) is 12.8 Å². The van der Waals surface area contributed by atoms with E-state index in [2.05, 4.69) is 10.3 Å². The van der Waals surface area contributed by atoms with Crippen LogP contribution in [0.2, 0.25) is 0 Å². The molecule has 1 atom stereocenters. The number of unbranched alkanes of at least 4 members (excludes halogenated alkanes) is 1. The summed E-state index contributed by atoms with van der Waals surface area (Å²) in [4.78, 5) is 16.3. The van der Waals surface area contributed by atoms with Crippen LogP contribution in [0.5, 0.6) is 0 Å². The number of aliphatic hydroxyl groups excluding tert-OH is 1. The summed E-state index contributed by atoms with van der Waals surface area (Å²) < 4.78 is 72.9. The molecular weight excluding hydrogens is 382 g/mol. The summed E-state index contributed by atoms with van der Waals surface area (Å²) in [5.74, 6) is -0.656. The molecule has 0 saturated carbocycles. The number of aromatic nitrogens is 1. The molecule has 1 amide bonds. The van der Waals surface area contributed by atoms with Gasteiger partial charge in [0.1, 0.15) is 0 Å². The Hall–Kier alpha value is -2.70. The maximum Gasteiger partial charge on any atom is 0.230 e. The van der Waals surface area contributed by atoms with Gasteiger partial charge in [-0.1, -0.05) is 48.2 Å². The van der Waals surface area contributed by atoms with Crippen molar-refractivity contribution in [3.63, 3.8) is 0 Å². The number of nitrogens with two attached hydrogens (primary N) is 1. The third-order valence-electron chi connectivity index (χ3n) is 4.04. The Bertz CT molecular complexity index is 1340. The number of nitrogen functional groups attached to an aromatic ring is 1. The fourth-order valence-corrected chi connectivity index (χ4v) is 3.06. The van der Waals surface area contributed by atoms with Crippen LogP contribution < -0.4 is 11.1 Å². The lowest BCUT2D eigenvalue weighted by Crippen LogP contribution is -2.14. The topological polar surface area (TPSA) is 88.2 Å². The van der Waals surface area contributed by atoms with Crippen molar-refractivity contribution in [2.45, 2.75) is 45.1 Å². The van der Waals surface area contributed by atoms with Gasteiger partial charge in [0.25, 0.3) is 0 Å². The third-order valence-corrected chi connectivity index (χ3v) is 4.68. The number of aliphatic hydroxyl groups is 1. The Labute approximate surface area is 188 Å². The van der Waals surface area contributed by atoms with E-state index in [1.54, 1.807) is 0 Å². The molecule has 0 aliphatic rings. The molecule has 3 rings (SSSR count). The molecule has 0 bridgehead atoms. The summed E-state index contributed by atoms with van der Waals surface area (Å²) in [7, 11) is 0. The molecule has 152 valence electrons. The molecule has 0 unspecified atom stereocenters. The van der Waals surface area contributed by atoms with E-state index in [9.17, 15) is 9.90 Å². The lowest BCUT2D eigenvalue weighted by Gasteiger charge is -2.11. The first-order valence-electron chi connectivity index (χ1n) is 13.6. The predicted molar refractivity (Wildman–Crippen MR) is 119 cm³/mol. The van der Waals surface area contributed by atoms with Crippen LogP contribution in [0.4, 0.5) is 10.8 Å². The maximum absolute atomic E-state index is 12.4. The highest BCUT2D eigenvalue weighted by atomic mass is 32.1. The minimum absolute atomic E-state index is 0.0261. The Morgan fingerprint density at radius 3 is 2.59 bits per heavy atom. The molecule has 0 spiro atoms. The van der Waals surface area contributed by atoms with Gasteiger partial charge in [0.2, 0.25) is 5.91 Å². The Morgan fingerprint density at radius 1 is 1.21 bits per heavy atom. The van der Waals surface area contributed by atoms with Gasteiger partial charge in [-0.25, -0.2) is 4.98 Å². The standard InChI is InChI=1S/C23H27N3O2S/c1-16-6-10-18(11-7-16)21(27)5-3-2-4-17-8-12-19(13-9-17)25-22(28)14-20-15-29-23(24)26-20/h6-13,15,21,27H,2-5,14H2,1H3,(H2,24,26)(H,25,28)/t21-/m0/s1/i6D,7D,8D,9D,10D,11D,12D,13D,15D. The average Bonchev–Trinajstić information content (AvgIpc) is 3.18. The molecule has 4 N–H and O–H groups in total. The van der Waals surface area contributed by atoms with Crippen LogP contribution in [0, 0.1) is 6.92 Å². The van der Waals surface area contributed by atoms with Crippen molar-refractivity contribution in [3.8, 4) is 0 Å². The number of rotatable bonds is 9. The first-order chi connectivity index (χ1) is 17.8. The number of carbonyl (C=O) groups excluding carboxylic acids is 1. The van der Waals surface area contributed by atoms with Crippen LogP contribution in [0.1, 0.15) is 60.1 Å². The van der Waals surface area contributed by atoms with E-state index in [4.69, 9.17) is 18.1 Å². The Balaban J connectivity index is 1.68. The Kier molecular flexibility index (Phi) is 4.25. The van der Waals surface area contributed by atoms with Crippen molar-refractivity contribution in [2.75, 3.05) is 11.1 Å². The first kappa shape index (κ1) is 12.1. The second-order valence-corrected chi connectivity index (χ2v) is 7.31. The zero-order valence-electron chi connectivity index (χ0n) is 24.9. The largest absolute Gasteiger partial charge is 0.388 e. The number of hydrogen-bond donors (Lipinski definition) is 3. The molecule has 0 aliphatic carbocycles. The SMILES string of the molecule is [2H]c1sc(N)nc1CC(=O)Nc1c([2H])c([2H])c(CCCC[C@H](O)c2c([2H])c([2H])c(C)c([2H])c2[2H])c([2H])c1[2H]. The van der Waals surface area contributed by atoms with E-state index in [0.717, 1.165) is 11.3 Å². The summed E-state index contributed by atoms with van der Waals surface area (Å²) in [5, 5.41) is 13.1. The van der Waals surface area contributed by atoms with Crippen LogP contribution in [0.3, 0.4) is 0 Å². The van der Waals surface area contributed by atoms with Crippen LogP contribution in [0.25, 0.3) is 0 Å². The highest BCUT2D eigenvalue weighted by Crippen LogP contribution is 2.21. The van der Waals surface area contributed by atoms with E-state index in [1.165, 1.54) is 6.92 Å². The van der Waals surface area contributed by atoms with Crippen molar-refractivity contribution in [2.24, 2.45) is 0 Å². The summed E-state index contributed by atoms with van der Waals surface area (Å²) in [6, 6.07) is -2.42. The summed E-state index contributed by atoms with van der Waals surface area (Å²) >= 11 is 0.912. The molecule has 1 heterocycles. The van der Waals surface area contributed by atoms with Crippen molar-refractivity contribution < 1.29 is 22.2 Å². The van der Waals surface area contributed by atoms with Crippen molar-refractivity contribution in [1.29, 1.82) is 0 Å². The number of thiazole rings is 1. The summed E-state index contributed by atoms with van der Waals surface area (Å²) in [6.07, 6.45) is -0.540. The van der Waals surface area contributed by atoms with E-state index in [-0.39, 0.29) is 94.1 Å². The Morgan fingerprint density at radius 2 is 1.93 bits per heavy atom. The fourth-order valence-electron chi connectivity index (χ4n) is 2.56. The highest BCUT2D eigenvalue weighted by Gasteiger charge is 2.08. The minimum atomic E-state index is -1.23. The van der Waals surface area contributed by atoms with Crippen molar-refractivity contribution in [1.82, 2.24) is 4.98 Å². The van der Waals surface area contributed by atoms with Crippen molar-refractivity contribution >= 4 is 28.1 Å². The van der Waals surface area contributed by atoms with Crippen molar-refractivity contribution in [3.05, 3.63) is 76.1 Å². The molecule has 3 aromatic rings. The van der Waals surface area contributed by atoms with E-state index >= 15 is 0 Å². The highest BCUT2D eigenvalue weighted by molar-refractivity contribution is 7.13. The summed E-state index contributed by atoms with van der Waals surface area (Å²) in [6.45, 7) is 1.48. The normalized spacial score (nSPS) is 16.3. The first-order valence-corrected chi connectivity index (χ1v) is 9.93. The molecule has 0 aliphatic heterocycles. The van der Waals surface area contributed by atoms with Gasteiger partial charge in [0, 0.05) is 11.0 Å². The van der Waals surface area contributed by atoms with Gasteiger partial charge in [-0.3, -0.25) is 4.79 Å². The molecule has 6 heteroatoms. The lowest BCUT2D eigenvalue weighted by atomic mass is 10.0. The average molecular weight is 419 g/mol.